The Hall–Kier alpha value is -3.84. The molecule has 2 N–H and O–H groups in total. The normalized spacial score (nSPS) is 16.7. The molecule has 1 aliphatic carbocycles. The fourth-order valence-electron chi connectivity index (χ4n) is 5.96. The molecule has 1 atom stereocenters. The zero-order valence-corrected chi connectivity index (χ0v) is 27.7. The predicted molar refractivity (Wildman–Crippen MR) is 173 cm³/mol. The summed E-state index contributed by atoms with van der Waals surface area (Å²) >= 11 is 0. The van der Waals surface area contributed by atoms with Gasteiger partial charge in [-0.05, 0) is 68.0 Å². The zero-order chi connectivity index (χ0) is 32.9. The van der Waals surface area contributed by atoms with E-state index < -0.39 is 21.3 Å². The van der Waals surface area contributed by atoms with Gasteiger partial charge in [0, 0.05) is 51.6 Å². The van der Waals surface area contributed by atoms with Crippen molar-refractivity contribution in [2.75, 3.05) is 59.4 Å². The molecule has 2 amide bonds. The van der Waals surface area contributed by atoms with Crippen molar-refractivity contribution in [1.82, 2.24) is 14.5 Å². The number of nitrogens with zero attached hydrogens (tertiary/aromatic N) is 2. The van der Waals surface area contributed by atoms with Crippen LogP contribution in [-0.4, -0.2) is 88.7 Å². The van der Waals surface area contributed by atoms with Crippen LogP contribution < -0.4 is 30.3 Å². The van der Waals surface area contributed by atoms with Crippen LogP contribution in [0.3, 0.4) is 0 Å². The number of hydrogen-bond donors (Lipinski definition) is 2. The molecule has 0 bridgehead atoms. The maximum atomic E-state index is 13.5. The fourth-order valence-corrected chi connectivity index (χ4v) is 7.23. The van der Waals surface area contributed by atoms with Gasteiger partial charge in [0.1, 0.15) is 0 Å². The highest BCUT2D eigenvalue weighted by Gasteiger charge is 2.31. The van der Waals surface area contributed by atoms with E-state index in [0.717, 1.165) is 16.7 Å². The molecule has 0 saturated carbocycles. The van der Waals surface area contributed by atoms with Crippen molar-refractivity contribution in [3.05, 3.63) is 45.6 Å². The summed E-state index contributed by atoms with van der Waals surface area (Å²) in [6.45, 7) is 6.46. The van der Waals surface area contributed by atoms with Crippen molar-refractivity contribution < 1.29 is 32.2 Å². The third kappa shape index (κ3) is 7.36. The standard InChI is InChI=1S/C32H44N4O8S/c1-20(2)45(40,41)36-16-14-35(15-17-36)29(39)8-7-13-33-26-12-10-23-24(19-27(26)38)25(34-21(3)37)11-9-22-18-28(42-4)31(43-5)32(44-6)30(22)23/h10,12,18-20,25H,7-9,11,13-17H2,1-6H3,(H,33,38)(H,34,37)/t25-/m1/s1. The first-order valence-corrected chi connectivity index (χ1v) is 16.7. The lowest BCUT2D eigenvalue weighted by Gasteiger charge is -2.35. The number of sulfonamides is 1. The number of aryl methyl sites for hydroxylation is 1. The molecule has 1 heterocycles. The maximum absolute atomic E-state index is 13.5. The number of fused-ring (bicyclic) bond motifs is 3. The van der Waals surface area contributed by atoms with E-state index in [4.69, 9.17) is 14.2 Å². The molecule has 2 aromatic rings. The van der Waals surface area contributed by atoms with Crippen LogP contribution in [0, 0.1) is 0 Å². The van der Waals surface area contributed by atoms with E-state index in [0.29, 0.717) is 80.5 Å². The Kier molecular flexibility index (Phi) is 11.0. The molecule has 1 saturated heterocycles. The minimum Gasteiger partial charge on any atom is -0.493 e. The number of piperazine rings is 1. The summed E-state index contributed by atoms with van der Waals surface area (Å²) in [6.07, 6.45) is 1.92. The van der Waals surface area contributed by atoms with Crippen LogP contribution in [0.5, 0.6) is 17.2 Å². The Morgan fingerprint density at radius 1 is 1.00 bits per heavy atom. The van der Waals surface area contributed by atoms with Crippen molar-refractivity contribution in [2.45, 2.75) is 57.7 Å². The van der Waals surface area contributed by atoms with E-state index in [1.807, 2.05) is 12.1 Å². The highest BCUT2D eigenvalue weighted by atomic mass is 32.2. The Labute approximate surface area is 265 Å². The van der Waals surface area contributed by atoms with Gasteiger partial charge in [-0.15, -0.1) is 0 Å². The van der Waals surface area contributed by atoms with E-state index in [9.17, 15) is 22.8 Å². The first-order chi connectivity index (χ1) is 21.4. The second kappa shape index (κ2) is 14.5. The number of rotatable bonds is 11. The van der Waals surface area contributed by atoms with E-state index in [2.05, 4.69) is 10.6 Å². The van der Waals surface area contributed by atoms with Gasteiger partial charge in [-0.2, -0.15) is 4.31 Å². The van der Waals surface area contributed by atoms with Gasteiger partial charge in [0.2, 0.25) is 33.0 Å². The summed E-state index contributed by atoms with van der Waals surface area (Å²) in [5.74, 6) is 1.19. The molecular formula is C32H44N4O8S. The van der Waals surface area contributed by atoms with E-state index in [-0.39, 0.29) is 23.7 Å². The number of anilines is 1. The molecule has 0 unspecified atom stereocenters. The highest BCUT2D eigenvalue weighted by Crippen LogP contribution is 2.50. The van der Waals surface area contributed by atoms with Gasteiger partial charge in [0.15, 0.2) is 11.5 Å². The average Bonchev–Trinajstić information content (AvgIpc) is 3.26. The van der Waals surface area contributed by atoms with Gasteiger partial charge >= 0.3 is 0 Å². The molecule has 0 spiro atoms. The largest absolute Gasteiger partial charge is 0.493 e. The molecule has 2 aliphatic rings. The molecule has 1 aliphatic heterocycles. The summed E-state index contributed by atoms with van der Waals surface area (Å²) < 4.78 is 43.3. The highest BCUT2D eigenvalue weighted by molar-refractivity contribution is 7.89. The molecule has 13 heteroatoms. The third-order valence-corrected chi connectivity index (χ3v) is 10.6. The molecule has 246 valence electrons. The number of nitrogens with one attached hydrogen (secondary N) is 2. The van der Waals surface area contributed by atoms with Gasteiger partial charge in [-0.3, -0.25) is 14.4 Å². The topological polar surface area (TPSA) is 144 Å². The molecule has 12 nitrogen and oxygen atoms in total. The average molecular weight is 645 g/mol. The number of carbonyl (C=O) groups is 2. The summed E-state index contributed by atoms with van der Waals surface area (Å²) in [5.41, 5.74) is 3.23. The number of ether oxygens (including phenoxy) is 3. The van der Waals surface area contributed by atoms with Gasteiger partial charge in [-0.1, -0.05) is 6.07 Å². The minimum absolute atomic E-state index is 0.0442. The smallest absolute Gasteiger partial charge is 0.222 e. The second-order valence-electron chi connectivity index (χ2n) is 11.5. The second-order valence-corrected chi connectivity index (χ2v) is 14.0. The van der Waals surface area contributed by atoms with Crippen LogP contribution in [0.2, 0.25) is 0 Å². The summed E-state index contributed by atoms with van der Waals surface area (Å²) in [5, 5.41) is 5.69. The first kappa shape index (κ1) is 34.0. The molecule has 1 fully saturated rings. The van der Waals surface area contributed by atoms with E-state index in [1.165, 1.54) is 18.3 Å². The van der Waals surface area contributed by atoms with Crippen molar-refractivity contribution >= 4 is 27.5 Å². The zero-order valence-electron chi connectivity index (χ0n) is 26.9. The summed E-state index contributed by atoms with van der Waals surface area (Å²) in [7, 11) is 1.31. The number of carbonyl (C=O) groups excluding carboxylic acids is 2. The van der Waals surface area contributed by atoms with Crippen molar-refractivity contribution in [1.29, 1.82) is 0 Å². The number of methoxy groups -OCH3 is 3. The Bertz CT molecular complexity index is 1590. The molecule has 4 rings (SSSR count). The third-order valence-electron chi connectivity index (χ3n) is 8.35. The lowest BCUT2D eigenvalue weighted by molar-refractivity contribution is -0.132. The quantitative estimate of drug-likeness (QED) is 0.353. The summed E-state index contributed by atoms with van der Waals surface area (Å²) in [6, 6.07) is 6.61. The van der Waals surface area contributed by atoms with Crippen LogP contribution in [0.25, 0.3) is 11.1 Å². The predicted octanol–water partition coefficient (Wildman–Crippen LogP) is 2.94. The van der Waals surface area contributed by atoms with Gasteiger partial charge in [-0.25, -0.2) is 8.42 Å². The van der Waals surface area contributed by atoms with Crippen molar-refractivity contribution in [3.63, 3.8) is 0 Å². The first-order valence-electron chi connectivity index (χ1n) is 15.2. The SMILES string of the molecule is COc1cc2c(c(OC)c1OC)-c1ccc(NCCCC(=O)N3CCN(S(=O)(=O)C(C)C)CC3)c(=O)cc1[C@H](NC(C)=O)CC2. The molecule has 2 aromatic carbocycles. The van der Waals surface area contributed by atoms with Gasteiger partial charge in [0.25, 0.3) is 0 Å². The van der Waals surface area contributed by atoms with Crippen LogP contribution >= 0.6 is 0 Å². The van der Waals surface area contributed by atoms with Crippen LogP contribution in [0.1, 0.15) is 57.2 Å². The minimum atomic E-state index is -3.34. The number of benzene rings is 1. The van der Waals surface area contributed by atoms with Crippen molar-refractivity contribution in [3.8, 4) is 28.4 Å². The maximum Gasteiger partial charge on any atom is 0.222 e. The van der Waals surface area contributed by atoms with Crippen LogP contribution in [-0.2, 0) is 26.0 Å². The van der Waals surface area contributed by atoms with Gasteiger partial charge in [0.05, 0.1) is 38.3 Å². The molecular weight excluding hydrogens is 600 g/mol. The Morgan fingerprint density at radius 3 is 2.29 bits per heavy atom. The number of amides is 2. The van der Waals surface area contributed by atoms with E-state index >= 15 is 0 Å². The lowest BCUT2D eigenvalue weighted by Crippen LogP contribution is -2.51. The lowest BCUT2D eigenvalue weighted by atomic mass is 9.95. The summed E-state index contributed by atoms with van der Waals surface area (Å²) in [4.78, 5) is 40.2. The van der Waals surface area contributed by atoms with E-state index in [1.54, 1.807) is 45.1 Å². The molecule has 0 aromatic heterocycles. The van der Waals surface area contributed by atoms with Gasteiger partial charge < -0.3 is 29.7 Å². The molecule has 0 radical (unpaired) electrons. The Balaban J connectivity index is 1.53. The van der Waals surface area contributed by atoms with Crippen LogP contribution in [0.4, 0.5) is 5.69 Å². The Morgan fingerprint density at radius 2 is 1.69 bits per heavy atom. The van der Waals surface area contributed by atoms with Crippen molar-refractivity contribution in [2.24, 2.45) is 0 Å². The molecule has 45 heavy (non-hydrogen) atoms. The fraction of sp³-hybridized carbons (Fsp3) is 0.531. The van der Waals surface area contributed by atoms with Crippen LogP contribution in [0.15, 0.2) is 29.1 Å². The number of hydrogen-bond acceptors (Lipinski definition) is 9. The monoisotopic (exact) mass is 644 g/mol.